The second-order valence-electron chi connectivity index (χ2n) is 9.74. The lowest BCUT2D eigenvalue weighted by molar-refractivity contribution is -0.146. The molecule has 2 unspecified atom stereocenters. The van der Waals surface area contributed by atoms with Crippen molar-refractivity contribution in [2.75, 3.05) is 31.1 Å². The van der Waals surface area contributed by atoms with E-state index >= 15 is 0 Å². The van der Waals surface area contributed by atoms with Gasteiger partial charge in [-0.25, -0.2) is 0 Å². The van der Waals surface area contributed by atoms with Crippen molar-refractivity contribution in [1.82, 2.24) is 9.80 Å². The largest absolute Gasteiger partial charge is 0.339 e. The zero-order valence-electron chi connectivity index (χ0n) is 19.2. The van der Waals surface area contributed by atoms with Crippen LogP contribution in [0, 0.1) is 18.3 Å². The molecule has 2 fully saturated rings. The number of benzene rings is 1. The molecular weight excluding hydrogens is 422 g/mol. The van der Waals surface area contributed by atoms with E-state index in [1.165, 1.54) is 0 Å². The van der Waals surface area contributed by atoms with Crippen LogP contribution < -0.4 is 4.90 Å². The van der Waals surface area contributed by atoms with Gasteiger partial charge in [0.05, 0.1) is 12.0 Å². The van der Waals surface area contributed by atoms with Gasteiger partial charge in [-0.2, -0.15) is 0 Å². The summed E-state index contributed by atoms with van der Waals surface area (Å²) in [6.07, 6.45) is 0.205. The van der Waals surface area contributed by atoms with Crippen LogP contribution in [0.5, 0.6) is 0 Å². The maximum atomic E-state index is 13.6. The van der Waals surface area contributed by atoms with Crippen molar-refractivity contribution >= 4 is 34.7 Å². The summed E-state index contributed by atoms with van der Waals surface area (Å²) < 4.78 is 0. The van der Waals surface area contributed by atoms with Crippen molar-refractivity contribution in [2.24, 2.45) is 11.3 Å². The maximum Gasteiger partial charge on any atom is 0.228 e. The van der Waals surface area contributed by atoms with Gasteiger partial charge in [0.1, 0.15) is 0 Å². The third kappa shape index (κ3) is 4.31. The highest BCUT2D eigenvalue weighted by molar-refractivity contribution is 7.10. The Morgan fingerprint density at radius 2 is 1.59 bits per heavy atom. The minimum atomic E-state index is -0.428. The maximum absolute atomic E-state index is 13.6. The third-order valence-electron chi connectivity index (χ3n) is 6.31. The molecule has 0 spiro atoms. The highest BCUT2D eigenvalue weighted by Crippen LogP contribution is 2.43. The van der Waals surface area contributed by atoms with Crippen molar-refractivity contribution in [3.63, 3.8) is 0 Å². The average molecular weight is 454 g/mol. The molecule has 170 valence electrons. The smallest absolute Gasteiger partial charge is 0.228 e. The van der Waals surface area contributed by atoms with Crippen LogP contribution in [0.25, 0.3) is 0 Å². The molecule has 0 N–H and O–H groups in total. The lowest BCUT2D eigenvalue weighted by Crippen LogP contribution is -2.54. The van der Waals surface area contributed by atoms with Gasteiger partial charge in [-0.15, -0.1) is 11.3 Å². The van der Waals surface area contributed by atoms with Crippen molar-refractivity contribution < 1.29 is 14.4 Å². The SMILES string of the molecule is Cc1ccc(N2C(=O)CC(C(=O)N3CCN(C(=O)C(C)(C)C)CC3)C2c2cccs2)cc1. The lowest BCUT2D eigenvalue weighted by atomic mass is 9.94. The number of thiophene rings is 1. The summed E-state index contributed by atoms with van der Waals surface area (Å²) in [6.45, 7) is 9.86. The second kappa shape index (κ2) is 8.70. The Labute approximate surface area is 193 Å². The number of anilines is 1. The standard InChI is InChI=1S/C25H31N3O3S/c1-17-7-9-18(10-8-17)28-21(29)16-19(22(28)20-6-5-15-32-20)23(30)26-11-13-27(14-12-26)24(31)25(2,3)4/h5-10,15,19,22H,11-14,16H2,1-4H3. The topological polar surface area (TPSA) is 60.9 Å². The number of amides is 3. The van der Waals surface area contributed by atoms with Crippen LogP contribution in [0.4, 0.5) is 5.69 Å². The van der Waals surface area contributed by atoms with Crippen LogP contribution in [0.1, 0.15) is 43.7 Å². The minimum absolute atomic E-state index is 0.00854. The molecule has 0 saturated carbocycles. The molecule has 7 heteroatoms. The van der Waals surface area contributed by atoms with E-state index in [0.717, 1.165) is 16.1 Å². The fraction of sp³-hybridized carbons (Fsp3) is 0.480. The van der Waals surface area contributed by atoms with Crippen LogP contribution >= 0.6 is 11.3 Å². The number of piperazine rings is 1. The molecule has 4 rings (SSSR count). The van der Waals surface area contributed by atoms with E-state index in [0.29, 0.717) is 26.2 Å². The Morgan fingerprint density at radius 3 is 2.16 bits per heavy atom. The number of rotatable bonds is 3. The van der Waals surface area contributed by atoms with E-state index in [-0.39, 0.29) is 30.2 Å². The number of carbonyl (C=O) groups excluding carboxylic acids is 3. The molecule has 2 aliphatic rings. The first kappa shape index (κ1) is 22.5. The summed E-state index contributed by atoms with van der Waals surface area (Å²) in [7, 11) is 0. The van der Waals surface area contributed by atoms with Crippen LogP contribution in [0.15, 0.2) is 41.8 Å². The Hall–Kier alpha value is -2.67. The van der Waals surface area contributed by atoms with Crippen LogP contribution in [-0.2, 0) is 14.4 Å². The summed E-state index contributed by atoms with van der Waals surface area (Å²) in [5, 5.41) is 1.99. The van der Waals surface area contributed by atoms with Gasteiger partial charge in [0.2, 0.25) is 17.7 Å². The number of hydrogen-bond acceptors (Lipinski definition) is 4. The first-order valence-corrected chi connectivity index (χ1v) is 12.0. The lowest BCUT2D eigenvalue weighted by Gasteiger charge is -2.39. The van der Waals surface area contributed by atoms with Crippen molar-refractivity contribution in [1.29, 1.82) is 0 Å². The average Bonchev–Trinajstić information content (AvgIpc) is 3.40. The molecule has 2 aromatic rings. The molecule has 0 aliphatic carbocycles. The molecule has 3 amide bonds. The van der Waals surface area contributed by atoms with Crippen molar-refractivity contribution in [3.8, 4) is 0 Å². The molecule has 32 heavy (non-hydrogen) atoms. The molecule has 0 bridgehead atoms. The van der Waals surface area contributed by atoms with Gasteiger partial charge >= 0.3 is 0 Å². The van der Waals surface area contributed by atoms with Gasteiger partial charge < -0.3 is 14.7 Å². The first-order chi connectivity index (χ1) is 15.2. The monoisotopic (exact) mass is 453 g/mol. The molecular formula is C25H31N3O3S. The van der Waals surface area contributed by atoms with Gasteiger partial charge in [-0.3, -0.25) is 14.4 Å². The van der Waals surface area contributed by atoms with Gasteiger partial charge in [-0.1, -0.05) is 44.5 Å². The Morgan fingerprint density at radius 1 is 0.969 bits per heavy atom. The number of hydrogen-bond donors (Lipinski definition) is 0. The minimum Gasteiger partial charge on any atom is -0.339 e. The highest BCUT2D eigenvalue weighted by atomic mass is 32.1. The van der Waals surface area contributed by atoms with Crippen LogP contribution in [-0.4, -0.2) is 53.7 Å². The van der Waals surface area contributed by atoms with E-state index in [4.69, 9.17) is 0 Å². The Bertz CT molecular complexity index is 986. The van der Waals surface area contributed by atoms with Gasteiger partial charge in [0, 0.05) is 48.6 Å². The molecule has 2 atom stereocenters. The van der Waals surface area contributed by atoms with E-state index < -0.39 is 11.3 Å². The fourth-order valence-corrected chi connectivity index (χ4v) is 5.47. The third-order valence-corrected chi connectivity index (χ3v) is 7.25. The summed E-state index contributed by atoms with van der Waals surface area (Å²) in [4.78, 5) is 45.8. The summed E-state index contributed by atoms with van der Waals surface area (Å²) in [5.74, 6) is -0.323. The van der Waals surface area contributed by atoms with Gasteiger partial charge in [0.25, 0.3) is 0 Å². The van der Waals surface area contributed by atoms with Crippen molar-refractivity contribution in [3.05, 3.63) is 52.2 Å². The molecule has 3 heterocycles. The number of carbonyl (C=O) groups is 3. The molecule has 1 aromatic carbocycles. The van der Waals surface area contributed by atoms with Gasteiger partial charge in [-0.05, 0) is 30.5 Å². The van der Waals surface area contributed by atoms with E-state index in [1.807, 2.05) is 79.3 Å². The molecule has 2 aliphatic heterocycles. The van der Waals surface area contributed by atoms with Crippen molar-refractivity contribution in [2.45, 2.75) is 40.2 Å². The second-order valence-corrected chi connectivity index (χ2v) is 10.7. The first-order valence-electron chi connectivity index (χ1n) is 11.2. The normalized spacial score (nSPS) is 21.9. The number of aryl methyl sites for hydroxylation is 1. The summed E-state index contributed by atoms with van der Waals surface area (Å²) in [5.41, 5.74) is 1.53. The van der Waals surface area contributed by atoms with Crippen LogP contribution in [0.3, 0.4) is 0 Å². The predicted octanol–water partition coefficient (Wildman–Crippen LogP) is 3.87. The van der Waals surface area contributed by atoms with E-state index in [9.17, 15) is 14.4 Å². The number of nitrogens with zero attached hydrogens (tertiary/aromatic N) is 3. The Kier molecular flexibility index (Phi) is 6.12. The molecule has 0 radical (unpaired) electrons. The summed E-state index contributed by atoms with van der Waals surface area (Å²) >= 11 is 1.58. The molecule has 2 saturated heterocycles. The molecule has 1 aromatic heterocycles. The Balaban J connectivity index is 1.55. The van der Waals surface area contributed by atoms with E-state index in [1.54, 1.807) is 16.2 Å². The van der Waals surface area contributed by atoms with Crippen LogP contribution in [0.2, 0.25) is 0 Å². The fourth-order valence-electron chi connectivity index (χ4n) is 4.59. The van der Waals surface area contributed by atoms with E-state index in [2.05, 4.69) is 0 Å². The quantitative estimate of drug-likeness (QED) is 0.709. The predicted molar refractivity (Wildman–Crippen MR) is 126 cm³/mol. The zero-order chi connectivity index (χ0) is 23.0. The zero-order valence-corrected chi connectivity index (χ0v) is 20.0. The van der Waals surface area contributed by atoms with Gasteiger partial charge in [0.15, 0.2) is 0 Å². The highest BCUT2D eigenvalue weighted by Gasteiger charge is 2.47. The summed E-state index contributed by atoms with van der Waals surface area (Å²) in [6, 6.07) is 11.6. The molecule has 6 nitrogen and oxygen atoms in total.